The number of nitrogens with zero attached hydrogens (tertiary/aromatic N) is 4. The van der Waals surface area contributed by atoms with E-state index in [2.05, 4.69) is 48.2 Å². The predicted octanol–water partition coefficient (Wildman–Crippen LogP) is 2.69. The molecule has 0 bridgehead atoms. The molecule has 1 aliphatic heterocycles. The summed E-state index contributed by atoms with van der Waals surface area (Å²) in [5.74, 6) is -0.0409. The largest absolute Gasteiger partial charge is 0.349 e. The first-order valence-corrected chi connectivity index (χ1v) is 10.8. The molecule has 162 valence electrons. The van der Waals surface area contributed by atoms with Gasteiger partial charge in [0.25, 0.3) is 11.8 Å². The Hall–Kier alpha value is -2.67. The minimum absolute atomic E-state index is 0.0646. The van der Waals surface area contributed by atoms with Gasteiger partial charge >= 0.3 is 0 Å². The molecule has 0 atom stereocenters. The molecule has 0 radical (unpaired) electrons. The molecule has 0 spiro atoms. The number of carbonyl (C=O) groups is 2. The van der Waals surface area contributed by atoms with Gasteiger partial charge in [0.15, 0.2) is 0 Å². The minimum atomic E-state index is -0.106. The van der Waals surface area contributed by atoms with Crippen molar-refractivity contribution >= 4 is 11.8 Å². The van der Waals surface area contributed by atoms with Crippen LogP contribution in [0.1, 0.15) is 59.9 Å². The standard InChI is InChI=1S/C23H33N5O2/c1-5-27(17(2)3)15-18-6-8-19(9-7-18)23(30)28-12-10-21(11-13-28)25-22(29)20-14-24-26(4)16-20/h6-9,14,16-17,21H,5,10-13,15H2,1-4H3,(H,25,29). The summed E-state index contributed by atoms with van der Waals surface area (Å²) >= 11 is 0. The highest BCUT2D eigenvalue weighted by molar-refractivity contribution is 5.95. The van der Waals surface area contributed by atoms with E-state index < -0.39 is 0 Å². The molecule has 1 saturated heterocycles. The Morgan fingerprint density at radius 2 is 1.83 bits per heavy atom. The van der Waals surface area contributed by atoms with E-state index in [9.17, 15) is 9.59 Å². The number of nitrogens with one attached hydrogen (secondary N) is 1. The molecular weight excluding hydrogens is 378 g/mol. The van der Waals surface area contributed by atoms with Gasteiger partial charge in [-0.05, 0) is 50.9 Å². The number of amides is 2. The second-order valence-corrected chi connectivity index (χ2v) is 8.30. The van der Waals surface area contributed by atoms with E-state index in [1.54, 1.807) is 24.1 Å². The van der Waals surface area contributed by atoms with Crippen LogP contribution in [0.4, 0.5) is 0 Å². The fraction of sp³-hybridized carbons (Fsp3) is 0.522. The fourth-order valence-corrected chi connectivity index (χ4v) is 3.86. The number of likely N-dealkylation sites (tertiary alicyclic amines) is 1. The van der Waals surface area contributed by atoms with Crippen molar-refractivity contribution in [2.45, 2.75) is 52.2 Å². The third-order valence-electron chi connectivity index (χ3n) is 5.81. The normalized spacial score (nSPS) is 15.1. The van der Waals surface area contributed by atoms with Crippen LogP contribution in [-0.4, -0.2) is 63.1 Å². The zero-order valence-corrected chi connectivity index (χ0v) is 18.5. The van der Waals surface area contributed by atoms with E-state index in [1.165, 1.54) is 5.56 Å². The van der Waals surface area contributed by atoms with Crippen LogP contribution in [0.25, 0.3) is 0 Å². The molecule has 0 saturated carbocycles. The molecule has 2 amide bonds. The topological polar surface area (TPSA) is 70.5 Å². The Morgan fingerprint density at radius 3 is 2.37 bits per heavy atom. The molecule has 7 nitrogen and oxygen atoms in total. The summed E-state index contributed by atoms with van der Waals surface area (Å²) in [7, 11) is 1.79. The molecular formula is C23H33N5O2. The Kier molecular flexibility index (Phi) is 7.26. The number of rotatable bonds is 7. The lowest BCUT2D eigenvalue weighted by molar-refractivity contribution is 0.0698. The molecule has 2 heterocycles. The first-order valence-electron chi connectivity index (χ1n) is 10.8. The van der Waals surface area contributed by atoms with Gasteiger partial charge in [-0.25, -0.2) is 0 Å². The summed E-state index contributed by atoms with van der Waals surface area (Å²) < 4.78 is 1.62. The van der Waals surface area contributed by atoms with Crippen molar-refractivity contribution in [1.82, 2.24) is 24.9 Å². The van der Waals surface area contributed by atoms with Gasteiger partial charge in [-0.1, -0.05) is 19.1 Å². The van der Waals surface area contributed by atoms with Gasteiger partial charge in [0.05, 0.1) is 11.8 Å². The Labute approximate surface area is 179 Å². The first-order chi connectivity index (χ1) is 14.4. The van der Waals surface area contributed by atoms with Gasteiger partial charge < -0.3 is 10.2 Å². The maximum Gasteiger partial charge on any atom is 0.254 e. The summed E-state index contributed by atoms with van der Waals surface area (Å²) in [6, 6.07) is 8.55. The van der Waals surface area contributed by atoms with E-state index in [0.717, 1.165) is 31.5 Å². The van der Waals surface area contributed by atoms with Crippen molar-refractivity contribution in [2.75, 3.05) is 19.6 Å². The number of piperidine rings is 1. The molecule has 30 heavy (non-hydrogen) atoms. The second kappa shape index (κ2) is 9.89. The lowest BCUT2D eigenvalue weighted by Crippen LogP contribution is -2.46. The average molecular weight is 412 g/mol. The summed E-state index contributed by atoms with van der Waals surface area (Å²) in [4.78, 5) is 29.4. The van der Waals surface area contributed by atoms with Crippen molar-refractivity contribution in [2.24, 2.45) is 7.05 Å². The van der Waals surface area contributed by atoms with Crippen LogP contribution in [0.15, 0.2) is 36.7 Å². The SMILES string of the molecule is CCN(Cc1ccc(C(=O)N2CCC(NC(=O)c3cnn(C)c3)CC2)cc1)C(C)C. The molecule has 0 unspecified atom stereocenters. The monoisotopic (exact) mass is 411 g/mol. The van der Waals surface area contributed by atoms with Crippen LogP contribution in [0.5, 0.6) is 0 Å². The van der Waals surface area contributed by atoms with Gasteiger partial charge in [0, 0.05) is 50.5 Å². The highest BCUT2D eigenvalue weighted by Crippen LogP contribution is 2.16. The molecule has 1 aromatic heterocycles. The zero-order valence-electron chi connectivity index (χ0n) is 18.5. The van der Waals surface area contributed by atoms with Gasteiger partial charge in [-0.2, -0.15) is 5.10 Å². The minimum Gasteiger partial charge on any atom is -0.349 e. The summed E-state index contributed by atoms with van der Waals surface area (Å²) in [5, 5.41) is 7.09. The van der Waals surface area contributed by atoms with Crippen molar-refractivity contribution < 1.29 is 9.59 Å². The number of benzene rings is 1. The predicted molar refractivity (Wildman–Crippen MR) is 117 cm³/mol. The van der Waals surface area contributed by atoms with Crippen molar-refractivity contribution in [1.29, 1.82) is 0 Å². The average Bonchev–Trinajstić information content (AvgIpc) is 3.19. The van der Waals surface area contributed by atoms with Crippen LogP contribution in [0.3, 0.4) is 0 Å². The van der Waals surface area contributed by atoms with Gasteiger partial charge in [-0.15, -0.1) is 0 Å². The lowest BCUT2D eigenvalue weighted by Gasteiger charge is -2.32. The Balaban J connectivity index is 1.50. The highest BCUT2D eigenvalue weighted by atomic mass is 16.2. The zero-order chi connectivity index (χ0) is 21.7. The molecule has 1 fully saturated rings. The number of hydrogen-bond donors (Lipinski definition) is 1. The van der Waals surface area contributed by atoms with Crippen LogP contribution in [0.2, 0.25) is 0 Å². The fourth-order valence-electron chi connectivity index (χ4n) is 3.86. The van der Waals surface area contributed by atoms with Crippen molar-refractivity contribution in [3.63, 3.8) is 0 Å². The molecule has 1 aliphatic rings. The van der Waals surface area contributed by atoms with Crippen LogP contribution in [-0.2, 0) is 13.6 Å². The molecule has 1 N–H and O–H groups in total. The number of hydrogen-bond acceptors (Lipinski definition) is 4. The number of aromatic nitrogens is 2. The van der Waals surface area contributed by atoms with E-state index in [1.807, 2.05) is 17.0 Å². The van der Waals surface area contributed by atoms with Gasteiger partial charge in [-0.3, -0.25) is 19.2 Å². The summed E-state index contributed by atoms with van der Waals surface area (Å²) in [5.41, 5.74) is 2.51. The van der Waals surface area contributed by atoms with Gasteiger partial charge in [0.1, 0.15) is 0 Å². The second-order valence-electron chi connectivity index (χ2n) is 8.30. The van der Waals surface area contributed by atoms with Crippen LogP contribution >= 0.6 is 0 Å². The Morgan fingerprint density at radius 1 is 1.17 bits per heavy atom. The third kappa shape index (κ3) is 5.48. The molecule has 3 rings (SSSR count). The van der Waals surface area contributed by atoms with E-state index in [0.29, 0.717) is 24.7 Å². The first kappa shape index (κ1) is 22.0. The van der Waals surface area contributed by atoms with Crippen molar-refractivity contribution in [3.05, 3.63) is 53.3 Å². The smallest absolute Gasteiger partial charge is 0.254 e. The third-order valence-corrected chi connectivity index (χ3v) is 5.81. The molecule has 1 aromatic carbocycles. The van der Waals surface area contributed by atoms with Gasteiger partial charge in [0.2, 0.25) is 0 Å². The maximum absolute atomic E-state index is 12.9. The Bertz CT molecular complexity index is 851. The summed E-state index contributed by atoms with van der Waals surface area (Å²) in [6.07, 6.45) is 4.79. The lowest BCUT2D eigenvalue weighted by atomic mass is 10.0. The van der Waals surface area contributed by atoms with E-state index in [4.69, 9.17) is 0 Å². The number of aryl methyl sites for hydroxylation is 1. The molecule has 0 aliphatic carbocycles. The van der Waals surface area contributed by atoms with E-state index in [-0.39, 0.29) is 17.9 Å². The van der Waals surface area contributed by atoms with Crippen molar-refractivity contribution in [3.8, 4) is 0 Å². The maximum atomic E-state index is 12.9. The van der Waals surface area contributed by atoms with Crippen LogP contribution in [0, 0.1) is 0 Å². The summed E-state index contributed by atoms with van der Waals surface area (Å²) in [6.45, 7) is 9.76. The molecule has 2 aromatic rings. The highest BCUT2D eigenvalue weighted by Gasteiger charge is 2.25. The number of carbonyl (C=O) groups excluding carboxylic acids is 2. The molecule has 7 heteroatoms. The van der Waals surface area contributed by atoms with Crippen LogP contribution < -0.4 is 5.32 Å². The quantitative estimate of drug-likeness (QED) is 0.761. The van der Waals surface area contributed by atoms with E-state index >= 15 is 0 Å².